The van der Waals surface area contributed by atoms with Crippen molar-refractivity contribution in [3.05, 3.63) is 17.7 Å². The van der Waals surface area contributed by atoms with Crippen LogP contribution in [0.4, 0.5) is 0 Å². The number of imidazole rings is 1. The molecule has 2 atom stereocenters. The predicted molar refractivity (Wildman–Crippen MR) is 55.2 cm³/mol. The molecule has 0 aromatic carbocycles. The first-order chi connectivity index (χ1) is 6.70. The van der Waals surface area contributed by atoms with E-state index in [1.165, 1.54) is 12.1 Å². The summed E-state index contributed by atoms with van der Waals surface area (Å²) < 4.78 is 2.14. The first-order valence-electron chi connectivity index (χ1n) is 5.38. The molecule has 1 aliphatic rings. The molecule has 3 heteroatoms. The van der Waals surface area contributed by atoms with Crippen LogP contribution in [-0.2, 0) is 0 Å². The summed E-state index contributed by atoms with van der Waals surface area (Å²) in [5, 5.41) is 9.91. The highest BCUT2D eigenvalue weighted by atomic mass is 16.3. The van der Waals surface area contributed by atoms with Crippen LogP contribution >= 0.6 is 0 Å². The van der Waals surface area contributed by atoms with Crippen LogP contribution in [0.15, 0.2) is 6.33 Å². The Kier molecular flexibility index (Phi) is 2.59. The molecule has 1 saturated carbocycles. The molecule has 2 unspecified atom stereocenters. The second-order valence-electron chi connectivity index (χ2n) is 4.24. The van der Waals surface area contributed by atoms with Gasteiger partial charge in [-0.3, -0.25) is 0 Å². The van der Waals surface area contributed by atoms with Gasteiger partial charge in [-0.15, -0.1) is 0 Å². The molecule has 1 fully saturated rings. The molecule has 1 aromatic heterocycles. The van der Waals surface area contributed by atoms with Crippen LogP contribution in [0.3, 0.4) is 0 Å². The predicted octanol–water partition coefficient (Wildman–Crippen LogP) is 1.98. The lowest BCUT2D eigenvalue weighted by molar-refractivity contribution is 0.0745. The zero-order valence-electron chi connectivity index (χ0n) is 8.90. The van der Waals surface area contributed by atoms with Gasteiger partial charge < -0.3 is 9.67 Å². The zero-order chi connectivity index (χ0) is 10.1. The van der Waals surface area contributed by atoms with Crippen molar-refractivity contribution in [1.82, 2.24) is 9.55 Å². The second kappa shape index (κ2) is 3.73. The topological polar surface area (TPSA) is 38.0 Å². The maximum absolute atomic E-state index is 9.91. The third-order valence-corrected chi connectivity index (χ3v) is 3.34. The number of nitrogens with zero attached hydrogens (tertiary/aromatic N) is 2. The molecular formula is C11H18N2O. The van der Waals surface area contributed by atoms with E-state index in [0.29, 0.717) is 0 Å². The summed E-state index contributed by atoms with van der Waals surface area (Å²) in [5.74, 6) is 0. The fraction of sp³-hybridized carbons (Fsp3) is 0.727. The smallest absolute Gasteiger partial charge is 0.0954 e. The molecule has 3 nitrogen and oxygen atoms in total. The molecule has 0 spiro atoms. The van der Waals surface area contributed by atoms with Crippen molar-refractivity contribution >= 4 is 0 Å². The van der Waals surface area contributed by atoms with Gasteiger partial charge in [0.2, 0.25) is 0 Å². The number of hydrogen-bond donors (Lipinski definition) is 1. The summed E-state index contributed by atoms with van der Waals surface area (Å²) in [4.78, 5) is 4.28. The number of aromatic nitrogens is 2. The van der Waals surface area contributed by atoms with Gasteiger partial charge in [-0.05, 0) is 26.7 Å². The first kappa shape index (κ1) is 9.71. The molecule has 2 rings (SSSR count). The SMILES string of the molecule is Cc1ncn(C2CCCCC2O)c1C. The lowest BCUT2D eigenvalue weighted by atomic mass is 9.92. The molecule has 0 aliphatic heterocycles. The van der Waals surface area contributed by atoms with Crippen molar-refractivity contribution in [3.63, 3.8) is 0 Å². The Labute approximate surface area is 84.8 Å². The van der Waals surface area contributed by atoms with E-state index in [1.54, 1.807) is 0 Å². The van der Waals surface area contributed by atoms with Gasteiger partial charge in [0, 0.05) is 5.69 Å². The van der Waals surface area contributed by atoms with Crippen LogP contribution in [0, 0.1) is 13.8 Å². The van der Waals surface area contributed by atoms with Crippen molar-refractivity contribution in [2.45, 2.75) is 51.7 Å². The summed E-state index contributed by atoms with van der Waals surface area (Å²) in [7, 11) is 0. The summed E-state index contributed by atoms with van der Waals surface area (Å²) in [6, 6.07) is 0.255. The zero-order valence-corrected chi connectivity index (χ0v) is 8.90. The van der Waals surface area contributed by atoms with Crippen molar-refractivity contribution in [2.75, 3.05) is 0 Å². The summed E-state index contributed by atoms with van der Waals surface area (Å²) in [5.41, 5.74) is 2.26. The Balaban J connectivity index is 2.24. The van der Waals surface area contributed by atoms with E-state index < -0.39 is 0 Å². The van der Waals surface area contributed by atoms with E-state index in [4.69, 9.17) is 0 Å². The summed E-state index contributed by atoms with van der Waals surface area (Å²) >= 11 is 0. The van der Waals surface area contributed by atoms with Gasteiger partial charge in [-0.25, -0.2) is 4.98 Å². The Morgan fingerprint density at radius 2 is 2.07 bits per heavy atom. The lowest BCUT2D eigenvalue weighted by Gasteiger charge is -2.29. The molecule has 1 aliphatic carbocycles. The second-order valence-corrected chi connectivity index (χ2v) is 4.24. The Morgan fingerprint density at radius 1 is 1.36 bits per heavy atom. The average Bonchev–Trinajstić information content (AvgIpc) is 2.49. The highest BCUT2D eigenvalue weighted by Crippen LogP contribution is 2.29. The Hall–Kier alpha value is -0.830. The van der Waals surface area contributed by atoms with Gasteiger partial charge in [0.25, 0.3) is 0 Å². The van der Waals surface area contributed by atoms with Gasteiger partial charge in [-0.1, -0.05) is 12.8 Å². The minimum absolute atomic E-state index is 0.184. The number of rotatable bonds is 1. The van der Waals surface area contributed by atoms with Crippen LogP contribution in [0.5, 0.6) is 0 Å². The fourth-order valence-corrected chi connectivity index (χ4v) is 2.27. The highest BCUT2D eigenvalue weighted by molar-refractivity contribution is 5.10. The van der Waals surface area contributed by atoms with E-state index in [0.717, 1.165) is 25.0 Å². The van der Waals surface area contributed by atoms with E-state index >= 15 is 0 Å². The molecule has 1 heterocycles. The maximum Gasteiger partial charge on any atom is 0.0954 e. The largest absolute Gasteiger partial charge is 0.391 e. The molecule has 14 heavy (non-hydrogen) atoms. The normalized spacial score (nSPS) is 27.9. The standard InChI is InChI=1S/C11H18N2O/c1-8-9(2)13(7-12-8)10-5-3-4-6-11(10)14/h7,10-11,14H,3-6H2,1-2H3. The first-order valence-corrected chi connectivity index (χ1v) is 5.38. The minimum atomic E-state index is -0.184. The average molecular weight is 194 g/mol. The number of aryl methyl sites for hydroxylation is 1. The van der Waals surface area contributed by atoms with Gasteiger partial charge in [0.05, 0.1) is 24.2 Å². The van der Waals surface area contributed by atoms with Crippen LogP contribution in [0.1, 0.15) is 43.1 Å². The lowest BCUT2D eigenvalue weighted by Crippen LogP contribution is -2.27. The van der Waals surface area contributed by atoms with Gasteiger partial charge >= 0.3 is 0 Å². The minimum Gasteiger partial charge on any atom is -0.391 e. The third kappa shape index (κ3) is 1.57. The number of hydrogen-bond acceptors (Lipinski definition) is 2. The van der Waals surface area contributed by atoms with Crippen molar-refractivity contribution in [3.8, 4) is 0 Å². The fourth-order valence-electron chi connectivity index (χ4n) is 2.27. The van der Waals surface area contributed by atoms with Gasteiger partial charge in [-0.2, -0.15) is 0 Å². The third-order valence-electron chi connectivity index (χ3n) is 3.34. The molecule has 1 N–H and O–H groups in total. The Bertz CT molecular complexity index is 319. The molecular weight excluding hydrogens is 176 g/mol. The van der Waals surface area contributed by atoms with Crippen molar-refractivity contribution in [2.24, 2.45) is 0 Å². The van der Waals surface area contributed by atoms with Gasteiger partial charge in [0.15, 0.2) is 0 Å². The molecule has 0 bridgehead atoms. The van der Waals surface area contributed by atoms with E-state index in [1.807, 2.05) is 13.3 Å². The van der Waals surface area contributed by atoms with E-state index in [2.05, 4.69) is 16.5 Å². The molecule has 0 radical (unpaired) electrons. The van der Waals surface area contributed by atoms with Crippen molar-refractivity contribution < 1.29 is 5.11 Å². The van der Waals surface area contributed by atoms with E-state index in [-0.39, 0.29) is 12.1 Å². The van der Waals surface area contributed by atoms with Gasteiger partial charge in [0.1, 0.15) is 0 Å². The van der Waals surface area contributed by atoms with Crippen LogP contribution in [-0.4, -0.2) is 20.8 Å². The van der Waals surface area contributed by atoms with Crippen LogP contribution < -0.4 is 0 Å². The molecule has 0 saturated heterocycles. The maximum atomic E-state index is 9.91. The Morgan fingerprint density at radius 3 is 2.64 bits per heavy atom. The quantitative estimate of drug-likeness (QED) is 0.742. The number of aliphatic hydroxyl groups excluding tert-OH is 1. The summed E-state index contributed by atoms with van der Waals surface area (Å²) in [6.45, 7) is 4.09. The van der Waals surface area contributed by atoms with Crippen molar-refractivity contribution in [1.29, 1.82) is 0 Å². The van der Waals surface area contributed by atoms with Crippen LogP contribution in [0.25, 0.3) is 0 Å². The van der Waals surface area contributed by atoms with E-state index in [9.17, 15) is 5.11 Å². The summed E-state index contributed by atoms with van der Waals surface area (Å²) in [6.07, 6.45) is 6.07. The molecule has 0 amide bonds. The number of aliphatic hydroxyl groups is 1. The highest BCUT2D eigenvalue weighted by Gasteiger charge is 2.25. The molecule has 1 aromatic rings. The van der Waals surface area contributed by atoms with Crippen LogP contribution in [0.2, 0.25) is 0 Å². The monoisotopic (exact) mass is 194 g/mol. The molecule has 78 valence electrons.